The molecule has 2 aromatic carbocycles. The van der Waals surface area contributed by atoms with Crippen LogP contribution in [-0.4, -0.2) is 37.9 Å². The van der Waals surface area contributed by atoms with E-state index in [1.165, 1.54) is 114 Å². The Morgan fingerprint density at radius 1 is 0.913 bits per heavy atom. The van der Waals surface area contributed by atoms with Crippen LogP contribution < -0.4 is 9.47 Å². The maximum Gasteiger partial charge on any atom is 0.338 e. The zero-order chi connectivity index (χ0) is 33.2. The van der Waals surface area contributed by atoms with Crippen molar-refractivity contribution >= 4 is 12.4 Å². The molecule has 1 aliphatic rings. The number of aryl methyl sites for hydroxylation is 1. The van der Waals surface area contributed by atoms with Gasteiger partial charge >= 0.3 is 5.97 Å². The summed E-state index contributed by atoms with van der Waals surface area (Å²) < 4.78 is 14.7. The molecule has 2 aromatic rings. The normalized spacial score (nSPS) is 15.8. The molecule has 0 amide bonds. The summed E-state index contributed by atoms with van der Waals surface area (Å²) in [7, 11) is 1.37. The monoisotopic (exact) mass is 639 g/mol. The Labute approximate surface area is 274 Å². The van der Waals surface area contributed by atoms with E-state index in [2.05, 4.69) is 59.0 Å². The second kappa shape index (κ2) is 24.4. The van der Waals surface area contributed by atoms with Crippen LogP contribution >= 0.6 is 0 Å². The van der Waals surface area contributed by atoms with Crippen molar-refractivity contribution in [2.45, 2.75) is 103 Å². The highest BCUT2D eigenvalue weighted by molar-refractivity contribution is 5.90. The van der Waals surface area contributed by atoms with E-state index >= 15 is 0 Å². The van der Waals surface area contributed by atoms with Crippen LogP contribution in [0.5, 0.6) is 11.5 Å². The molecule has 0 heterocycles. The molecule has 3 rings (SSSR count). The number of allylic oxidation sites excluding steroid dienone is 2. The summed E-state index contributed by atoms with van der Waals surface area (Å²) in [6.07, 6.45) is 23.9. The molecule has 0 bridgehead atoms. The van der Waals surface area contributed by atoms with E-state index in [-0.39, 0.29) is 36.7 Å². The minimum atomic E-state index is -0.874. The Hall–Kier alpha value is -3.88. The highest BCUT2D eigenvalue weighted by Gasteiger charge is 2.23. The molecule has 1 saturated carbocycles. The zero-order valence-corrected chi connectivity index (χ0v) is 27.7. The molecule has 1 fully saturated rings. The molecule has 0 N–H and O–H groups in total. The van der Waals surface area contributed by atoms with Crippen LogP contribution in [0.1, 0.15) is 113 Å². The Morgan fingerprint density at radius 2 is 1.67 bits per heavy atom. The van der Waals surface area contributed by atoms with Crippen molar-refractivity contribution < 1.29 is 33.7 Å². The maximum absolute atomic E-state index is 11.8. The van der Waals surface area contributed by atoms with E-state index in [0.29, 0.717) is 12.8 Å². The summed E-state index contributed by atoms with van der Waals surface area (Å²) >= 11 is 0. The lowest BCUT2D eigenvalue weighted by Crippen LogP contribution is -2.19. The zero-order valence-electron chi connectivity index (χ0n) is 27.7. The van der Waals surface area contributed by atoms with Gasteiger partial charge in [-0.05, 0) is 80.5 Å². The average Bonchev–Trinajstić information content (AvgIpc) is 3.07. The first-order valence-electron chi connectivity index (χ1n) is 16.9. The highest BCUT2D eigenvalue weighted by atomic mass is 16.9. The number of rotatable bonds is 21. The smallest absolute Gasteiger partial charge is 0.338 e. The number of methoxy groups -OCH3 is 1. The third kappa shape index (κ3) is 16.4. The molecule has 0 aromatic heterocycles. The second-order valence-corrected chi connectivity index (χ2v) is 11.7. The van der Waals surface area contributed by atoms with Gasteiger partial charge in [0.05, 0.1) is 25.9 Å². The highest BCUT2D eigenvalue weighted by Crippen LogP contribution is 2.36. The van der Waals surface area contributed by atoms with Gasteiger partial charge in [0, 0.05) is 0 Å². The van der Waals surface area contributed by atoms with Gasteiger partial charge in [0.1, 0.15) is 0 Å². The summed E-state index contributed by atoms with van der Waals surface area (Å²) in [5.74, 6) is 1.81. The maximum atomic E-state index is 11.8. The fourth-order valence-electron chi connectivity index (χ4n) is 5.78. The van der Waals surface area contributed by atoms with Gasteiger partial charge in [-0.15, -0.1) is 10.1 Å². The van der Waals surface area contributed by atoms with E-state index in [9.17, 15) is 19.7 Å². The number of benzene rings is 2. The van der Waals surface area contributed by atoms with Crippen molar-refractivity contribution in [2.75, 3.05) is 20.3 Å². The summed E-state index contributed by atoms with van der Waals surface area (Å²) in [4.78, 5) is 36.1. The van der Waals surface area contributed by atoms with Crippen LogP contribution in [0.25, 0.3) is 0 Å². The molecule has 46 heavy (non-hydrogen) atoms. The lowest BCUT2D eigenvalue weighted by molar-refractivity contribution is -0.757. The molecule has 2 atom stereocenters. The van der Waals surface area contributed by atoms with Gasteiger partial charge in [0.15, 0.2) is 11.5 Å². The third-order valence-corrected chi connectivity index (χ3v) is 8.32. The van der Waals surface area contributed by atoms with Crippen LogP contribution in [0, 0.1) is 22.0 Å². The Bertz CT molecular complexity index is 1150. The standard InChI is InChI=1S/C24H38.C13H15NO8/c1-2-3-4-5-11-18-23-20-13-14-21-24(23)19-12-7-10-17-22-15-8-6-9-16-22;1-19-12-8-10(4-5-11(12)21-9-15)13(16)20-6-2-3-7-22-14(17)18/h5-6,8-9,11,15-16,23-24H,2-4,7,10,12-14,17-21H2,1H3;4-5,8-9H,2-3,6-7H2,1H3/b11-5-;/t23-,24?;/m0./s1. The molecule has 0 spiro atoms. The summed E-state index contributed by atoms with van der Waals surface area (Å²) in [5.41, 5.74) is 1.74. The Balaban J connectivity index is 0.000000322. The average molecular weight is 640 g/mol. The van der Waals surface area contributed by atoms with Crippen LogP contribution in [0.3, 0.4) is 0 Å². The summed E-state index contributed by atoms with van der Waals surface area (Å²) in [6, 6.07) is 15.2. The van der Waals surface area contributed by atoms with Gasteiger partial charge in [-0.2, -0.15) is 0 Å². The minimum Gasteiger partial charge on any atom is -0.493 e. The van der Waals surface area contributed by atoms with Crippen molar-refractivity contribution in [3.63, 3.8) is 0 Å². The molecular weight excluding hydrogens is 586 g/mol. The van der Waals surface area contributed by atoms with Crippen molar-refractivity contribution in [2.24, 2.45) is 11.8 Å². The van der Waals surface area contributed by atoms with Crippen molar-refractivity contribution in [3.8, 4) is 11.5 Å². The minimum absolute atomic E-state index is 0.0455. The van der Waals surface area contributed by atoms with Gasteiger partial charge in [0.25, 0.3) is 11.6 Å². The van der Waals surface area contributed by atoms with E-state index < -0.39 is 11.1 Å². The van der Waals surface area contributed by atoms with Crippen LogP contribution in [0.2, 0.25) is 0 Å². The number of carbonyl (C=O) groups excluding carboxylic acids is 2. The number of nitrogens with zero attached hydrogens (tertiary/aromatic N) is 1. The first-order chi connectivity index (χ1) is 22.5. The van der Waals surface area contributed by atoms with Crippen molar-refractivity contribution in [1.29, 1.82) is 0 Å². The molecule has 0 radical (unpaired) electrons. The van der Waals surface area contributed by atoms with Crippen LogP contribution in [-0.2, 0) is 20.8 Å². The predicted octanol–water partition coefficient (Wildman–Crippen LogP) is 9.11. The number of ether oxygens (including phenoxy) is 3. The van der Waals surface area contributed by atoms with Gasteiger partial charge in [-0.1, -0.05) is 101 Å². The first kappa shape index (κ1) is 38.3. The largest absolute Gasteiger partial charge is 0.493 e. The number of unbranched alkanes of at least 4 members (excludes halogenated alkanes) is 5. The molecule has 9 nitrogen and oxygen atoms in total. The van der Waals surface area contributed by atoms with Crippen LogP contribution in [0.15, 0.2) is 60.7 Å². The molecule has 0 saturated heterocycles. The van der Waals surface area contributed by atoms with Crippen LogP contribution in [0.4, 0.5) is 0 Å². The summed E-state index contributed by atoms with van der Waals surface area (Å²) in [5, 5.41) is 9.04. The predicted molar refractivity (Wildman–Crippen MR) is 179 cm³/mol. The van der Waals surface area contributed by atoms with E-state index in [0.717, 1.165) is 11.8 Å². The third-order valence-electron chi connectivity index (χ3n) is 8.32. The SMILES string of the molecule is CCCC/C=C\C[C@H]1CCCCC1CCCCCc1ccccc1.COc1cc(C(=O)OCCCCO[N+](=O)[O-])ccc1OC=O. The quantitative estimate of drug-likeness (QED) is 0.0332. The lowest BCUT2D eigenvalue weighted by Gasteiger charge is -2.31. The molecule has 9 heteroatoms. The van der Waals surface area contributed by atoms with Gasteiger partial charge in [-0.25, -0.2) is 4.79 Å². The number of carbonyl (C=O) groups is 2. The van der Waals surface area contributed by atoms with Gasteiger partial charge in [-0.3, -0.25) is 4.79 Å². The molecule has 1 aliphatic carbocycles. The second-order valence-electron chi connectivity index (χ2n) is 11.7. The number of hydrogen-bond donors (Lipinski definition) is 0. The topological polar surface area (TPSA) is 114 Å². The van der Waals surface area contributed by atoms with E-state index in [1.807, 2.05) is 0 Å². The van der Waals surface area contributed by atoms with Gasteiger partial charge < -0.3 is 19.0 Å². The molecular formula is C37H53NO8. The lowest BCUT2D eigenvalue weighted by atomic mass is 9.75. The van der Waals surface area contributed by atoms with Gasteiger partial charge in [0.2, 0.25) is 0 Å². The summed E-state index contributed by atoms with van der Waals surface area (Å²) in [6.45, 7) is 2.59. The molecule has 254 valence electrons. The van der Waals surface area contributed by atoms with Crippen molar-refractivity contribution in [1.82, 2.24) is 0 Å². The molecule has 0 aliphatic heterocycles. The Morgan fingerprint density at radius 3 is 2.39 bits per heavy atom. The number of esters is 1. The van der Waals surface area contributed by atoms with E-state index in [1.54, 1.807) is 0 Å². The first-order valence-corrected chi connectivity index (χ1v) is 16.9. The fourth-order valence-corrected chi connectivity index (χ4v) is 5.78. The Kier molecular flexibility index (Phi) is 20.3. The molecule has 1 unspecified atom stereocenters. The number of hydrogen-bond acceptors (Lipinski definition) is 8. The fraction of sp³-hybridized carbons (Fsp3) is 0.568. The van der Waals surface area contributed by atoms with E-state index in [4.69, 9.17) is 9.47 Å². The van der Waals surface area contributed by atoms with Crippen molar-refractivity contribution in [3.05, 3.63) is 81.9 Å².